The van der Waals surface area contributed by atoms with Crippen molar-refractivity contribution in [3.63, 3.8) is 0 Å². The van der Waals surface area contributed by atoms with Crippen molar-refractivity contribution in [2.45, 2.75) is 33.2 Å². The van der Waals surface area contributed by atoms with E-state index in [0.717, 1.165) is 18.5 Å². The van der Waals surface area contributed by atoms with E-state index in [1.165, 1.54) is 0 Å². The van der Waals surface area contributed by atoms with Crippen molar-refractivity contribution in [2.24, 2.45) is 0 Å². The van der Waals surface area contributed by atoms with Gasteiger partial charge >= 0.3 is 0 Å². The summed E-state index contributed by atoms with van der Waals surface area (Å²) in [6.45, 7) is 7.76. The highest BCUT2D eigenvalue weighted by molar-refractivity contribution is 5.96. The molecule has 0 aromatic heterocycles. The molecule has 0 fully saturated rings. The first-order valence-electron chi connectivity index (χ1n) is 6.80. The zero-order chi connectivity index (χ0) is 14.4. The topological polar surface area (TPSA) is 58.4 Å². The molecular formula is C15H27Cl2N3O. The van der Waals surface area contributed by atoms with Gasteiger partial charge in [0.1, 0.15) is 0 Å². The van der Waals surface area contributed by atoms with Gasteiger partial charge in [-0.05, 0) is 45.0 Å². The van der Waals surface area contributed by atoms with Crippen molar-refractivity contribution in [3.8, 4) is 0 Å². The van der Waals surface area contributed by atoms with Crippen LogP contribution in [0.1, 0.15) is 36.2 Å². The highest BCUT2D eigenvalue weighted by atomic mass is 35.5. The molecule has 1 aromatic rings. The van der Waals surface area contributed by atoms with E-state index in [4.69, 9.17) is 5.73 Å². The SMILES string of the molecule is CCC(C)N(C)CCNC(=O)c1cc(N)ccc1C.Cl.Cl. The monoisotopic (exact) mass is 335 g/mol. The minimum Gasteiger partial charge on any atom is -0.399 e. The summed E-state index contributed by atoms with van der Waals surface area (Å²) >= 11 is 0. The average molecular weight is 336 g/mol. The Balaban J connectivity index is 0. The number of likely N-dealkylation sites (N-methyl/N-ethyl adjacent to an activating group) is 1. The van der Waals surface area contributed by atoms with Gasteiger partial charge in [0.2, 0.25) is 0 Å². The van der Waals surface area contributed by atoms with Crippen LogP contribution < -0.4 is 11.1 Å². The molecule has 0 saturated carbocycles. The molecule has 3 N–H and O–H groups in total. The van der Waals surface area contributed by atoms with Gasteiger partial charge in [-0.1, -0.05) is 13.0 Å². The number of nitrogens with one attached hydrogen (secondary N) is 1. The molecule has 1 aromatic carbocycles. The van der Waals surface area contributed by atoms with E-state index in [-0.39, 0.29) is 30.7 Å². The zero-order valence-corrected chi connectivity index (χ0v) is 14.8. The van der Waals surface area contributed by atoms with Crippen molar-refractivity contribution in [3.05, 3.63) is 29.3 Å². The number of anilines is 1. The number of hydrogen-bond donors (Lipinski definition) is 2. The summed E-state index contributed by atoms with van der Waals surface area (Å²) in [6.07, 6.45) is 1.11. The van der Waals surface area contributed by atoms with Crippen LogP contribution in [-0.4, -0.2) is 37.0 Å². The van der Waals surface area contributed by atoms with Crippen molar-refractivity contribution in [2.75, 3.05) is 25.9 Å². The maximum absolute atomic E-state index is 12.1. The van der Waals surface area contributed by atoms with Crippen LogP contribution in [0.4, 0.5) is 5.69 Å². The van der Waals surface area contributed by atoms with E-state index in [9.17, 15) is 4.79 Å². The molecule has 0 saturated heterocycles. The minimum absolute atomic E-state index is 0. The lowest BCUT2D eigenvalue weighted by molar-refractivity contribution is 0.0947. The Kier molecular flexibility index (Phi) is 11.4. The third kappa shape index (κ3) is 7.02. The molecule has 6 heteroatoms. The maximum atomic E-state index is 12.1. The number of carbonyl (C=O) groups is 1. The fourth-order valence-corrected chi connectivity index (χ4v) is 1.86. The fraction of sp³-hybridized carbons (Fsp3) is 0.533. The minimum atomic E-state index is -0.0534. The second-order valence-electron chi connectivity index (χ2n) is 5.07. The van der Waals surface area contributed by atoms with Gasteiger partial charge in [-0.15, -0.1) is 24.8 Å². The van der Waals surface area contributed by atoms with Gasteiger partial charge < -0.3 is 16.0 Å². The number of aryl methyl sites for hydroxylation is 1. The average Bonchev–Trinajstić information content (AvgIpc) is 2.40. The van der Waals surface area contributed by atoms with E-state index in [1.54, 1.807) is 6.07 Å². The molecule has 0 aliphatic rings. The first-order chi connectivity index (χ1) is 8.95. The molecule has 122 valence electrons. The Morgan fingerprint density at radius 3 is 2.57 bits per heavy atom. The molecule has 1 atom stereocenters. The van der Waals surface area contributed by atoms with Gasteiger partial charge in [0, 0.05) is 30.4 Å². The second-order valence-corrected chi connectivity index (χ2v) is 5.07. The molecule has 0 bridgehead atoms. The standard InChI is InChI=1S/C15H25N3O.2ClH/c1-5-12(3)18(4)9-8-17-15(19)14-10-13(16)7-6-11(14)2;;/h6-7,10,12H,5,8-9,16H2,1-4H3,(H,17,19);2*1H. The highest BCUT2D eigenvalue weighted by Gasteiger charge is 2.10. The Morgan fingerprint density at radius 2 is 2.00 bits per heavy atom. The van der Waals surface area contributed by atoms with Crippen LogP contribution in [0, 0.1) is 6.92 Å². The predicted molar refractivity (Wildman–Crippen MR) is 94.8 cm³/mol. The molecule has 0 aliphatic heterocycles. The normalized spacial score (nSPS) is 11.3. The molecular weight excluding hydrogens is 309 g/mol. The van der Waals surface area contributed by atoms with Crippen LogP contribution in [0.25, 0.3) is 0 Å². The molecule has 1 amide bonds. The number of nitrogen functional groups attached to an aromatic ring is 1. The molecule has 1 unspecified atom stereocenters. The molecule has 0 heterocycles. The largest absolute Gasteiger partial charge is 0.399 e. The van der Waals surface area contributed by atoms with Gasteiger partial charge in [0.05, 0.1) is 0 Å². The predicted octanol–water partition coefficient (Wildman–Crippen LogP) is 2.88. The van der Waals surface area contributed by atoms with Crippen LogP contribution in [0.3, 0.4) is 0 Å². The van der Waals surface area contributed by atoms with Crippen molar-refractivity contribution < 1.29 is 4.79 Å². The van der Waals surface area contributed by atoms with Crippen LogP contribution >= 0.6 is 24.8 Å². The lowest BCUT2D eigenvalue weighted by atomic mass is 10.1. The summed E-state index contributed by atoms with van der Waals surface area (Å²) < 4.78 is 0. The number of nitrogens with zero attached hydrogens (tertiary/aromatic N) is 1. The van der Waals surface area contributed by atoms with Crippen LogP contribution in [0.2, 0.25) is 0 Å². The summed E-state index contributed by atoms with van der Waals surface area (Å²) in [5.41, 5.74) is 7.93. The zero-order valence-electron chi connectivity index (χ0n) is 13.2. The molecule has 21 heavy (non-hydrogen) atoms. The number of rotatable bonds is 6. The first-order valence-corrected chi connectivity index (χ1v) is 6.80. The van der Waals surface area contributed by atoms with Gasteiger partial charge in [-0.2, -0.15) is 0 Å². The number of carbonyl (C=O) groups excluding carboxylic acids is 1. The summed E-state index contributed by atoms with van der Waals surface area (Å²) in [5.74, 6) is -0.0534. The number of amides is 1. The van der Waals surface area contributed by atoms with Crippen LogP contribution in [-0.2, 0) is 0 Å². The summed E-state index contributed by atoms with van der Waals surface area (Å²) in [5, 5.41) is 2.94. The Morgan fingerprint density at radius 1 is 1.38 bits per heavy atom. The lowest BCUT2D eigenvalue weighted by Gasteiger charge is -2.23. The van der Waals surface area contributed by atoms with E-state index >= 15 is 0 Å². The Labute approximate surface area is 140 Å². The summed E-state index contributed by atoms with van der Waals surface area (Å²) in [4.78, 5) is 14.3. The van der Waals surface area contributed by atoms with E-state index in [2.05, 4.69) is 31.1 Å². The summed E-state index contributed by atoms with van der Waals surface area (Å²) in [6, 6.07) is 5.94. The van der Waals surface area contributed by atoms with Gasteiger partial charge in [-0.25, -0.2) is 0 Å². The lowest BCUT2D eigenvalue weighted by Crippen LogP contribution is -2.37. The van der Waals surface area contributed by atoms with Gasteiger partial charge in [0.25, 0.3) is 5.91 Å². The number of halogens is 2. The highest BCUT2D eigenvalue weighted by Crippen LogP contribution is 2.12. The maximum Gasteiger partial charge on any atom is 0.251 e. The molecule has 0 aliphatic carbocycles. The first kappa shape index (κ1) is 22.3. The van der Waals surface area contributed by atoms with Crippen LogP contribution in [0.5, 0.6) is 0 Å². The molecule has 0 spiro atoms. The molecule has 0 radical (unpaired) electrons. The third-order valence-electron chi connectivity index (χ3n) is 3.60. The van der Waals surface area contributed by atoms with Gasteiger partial charge in [-0.3, -0.25) is 4.79 Å². The van der Waals surface area contributed by atoms with Gasteiger partial charge in [0.15, 0.2) is 0 Å². The fourth-order valence-electron chi connectivity index (χ4n) is 1.86. The quantitative estimate of drug-likeness (QED) is 0.786. The summed E-state index contributed by atoms with van der Waals surface area (Å²) in [7, 11) is 2.08. The Hall–Kier alpha value is -0.970. The van der Waals surface area contributed by atoms with E-state index < -0.39 is 0 Å². The number of benzene rings is 1. The van der Waals surface area contributed by atoms with Crippen molar-refractivity contribution in [1.82, 2.24) is 10.2 Å². The van der Waals surface area contributed by atoms with Crippen molar-refractivity contribution >= 4 is 36.4 Å². The van der Waals surface area contributed by atoms with E-state index in [1.807, 2.05) is 19.1 Å². The third-order valence-corrected chi connectivity index (χ3v) is 3.60. The van der Waals surface area contributed by atoms with E-state index in [0.29, 0.717) is 23.8 Å². The van der Waals surface area contributed by atoms with Crippen LogP contribution in [0.15, 0.2) is 18.2 Å². The molecule has 1 rings (SSSR count). The number of hydrogen-bond acceptors (Lipinski definition) is 3. The smallest absolute Gasteiger partial charge is 0.251 e. The Bertz CT molecular complexity index is 441. The second kappa shape index (κ2) is 10.7. The molecule has 4 nitrogen and oxygen atoms in total. The van der Waals surface area contributed by atoms with Crippen molar-refractivity contribution in [1.29, 1.82) is 0 Å². The number of nitrogens with two attached hydrogens (primary N) is 1.